The summed E-state index contributed by atoms with van der Waals surface area (Å²) in [5.74, 6) is 1.26. The van der Waals surface area contributed by atoms with E-state index in [2.05, 4.69) is 20.8 Å². The lowest BCUT2D eigenvalue weighted by Crippen LogP contribution is -2.41. The first kappa shape index (κ1) is 20.6. The van der Waals surface area contributed by atoms with E-state index in [1.165, 1.54) is 0 Å². The zero-order valence-electron chi connectivity index (χ0n) is 15.6. The molecule has 2 aromatic rings. The summed E-state index contributed by atoms with van der Waals surface area (Å²) in [6.07, 6.45) is 0. The Kier molecular flexibility index (Phi) is 7.47. The maximum Gasteiger partial charge on any atom is 0.321 e. The number of amides is 3. The molecule has 1 aromatic heterocycles. The second-order valence-corrected chi connectivity index (χ2v) is 6.84. The van der Waals surface area contributed by atoms with E-state index in [-0.39, 0.29) is 16.9 Å². The molecule has 9 nitrogen and oxygen atoms in total. The zero-order valence-corrected chi connectivity index (χ0v) is 16.4. The Balaban J connectivity index is 1.92. The van der Waals surface area contributed by atoms with Crippen LogP contribution in [0, 0.1) is 5.92 Å². The van der Waals surface area contributed by atoms with E-state index in [1.807, 2.05) is 13.8 Å². The summed E-state index contributed by atoms with van der Waals surface area (Å²) in [7, 11) is 3.09. The highest BCUT2D eigenvalue weighted by atomic mass is 32.2. The average Bonchev–Trinajstić information content (AvgIpc) is 3.13. The Bertz CT molecular complexity index is 771. The molecule has 0 aliphatic rings. The van der Waals surface area contributed by atoms with Crippen molar-refractivity contribution in [2.75, 3.05) is 26.5 Å². The van der Waals surface area contributed by atoms with Crippen molar-refractivity contribution in [1.82, 2.24) is 20.8 Å². The first-order valence-corrected chi connectivity index (χ1v) is 9.17. The molecule has 0 atom stereocenters. The van der Waals surface area contributed by atoms with E-state index in [0.717, 1.165) is 11.8 Å². The summed E-state index contributed by atoms with van der Waals surface area (Å²) < 4.78 is 16.0. The third-order valence-corrected chi connectivity index (χ3v) is 4.07. The maximum absolute atomic E-state index is 11.8. The molecule has 146 valence electrons. The third kappa shape index (κ3) is 6.48. The van der Waals surface area contributed by atoms with Gasteiger partial charge in [0.2, 0.25) is 11.8 Å². The number of carbonyl (C=O) groups is 2. The molecule has 0 radical (unpaired) electrons. The van der Waals surface area contributed by atoms with Crippen LogP contribution in [0.4, 0.5) is 4.79 Å². The van der Waals surface area contributed by atoms with Gasteiger partial charge in [-0.2, -0.15) is 0 Å². The number of methoxy groups -OCH3 is 2. The van der Waals surface area contributed by atoms with E-state index in [4.69, 9.17) is 13.9 Å². The number of imide groups is 1. The van der Waals surface area contributed by atoms with Gasteiger partial charge in [-0.05, 0) is 18.1 Å². The van der Waals surface area contributed by atoms with Crippen LogP contribution in [0.3, 0.4) is 0 Å². The van der Waals surface area contributed by atoms with Gasteiger partial charge in [-0.1, -0.05) is 25.6 Å². The molecule has 0 fully saturated rings. The number of nitrogens with zero attached hydrogens (tertiary/aromatic N) is 2. The SMILES string of the molecule is COc1cc(OC)cc(-c2nnc(SCC(=O)NC(=O)NCC(C)C)o2)c1. The summed E-state index contributed by atoms with van der Waals surface area (Å²) in [5.41, 5.74) is 0.628. The Hall–Kier alpha value is -2.75. The number of hydrogen-bond donors (Lipinski definition) is 2. The minimum absolute atomic E-state index is 0.0296. The van der Waals surface area contributed by atoms with Crippen LogP contribution in [0.5, 0.6) is 11.5 Å². The lowest BCUT2D eigenvalue weighted by molar-refractivity contribution is -0.117. The molecule has 0 unspecified atom stereocenters. The Morgan fingerprint density at radius 2 is 1.81 bits per heavy atom. The summed E-state index contributed by atoms with van der Waals surface area (Å²) >= 11 is 1.04. The lowest BCUT2D eigenvalue weighted by Gasteiger charge is -2.07. The first-order chi connectivity index (χ1) is 12.9. The van der Waals surface area contributed by atoms with Gasteiger partial charge in [0, 0.05) is 18.2 Å². The summed E-state index contributed by atoms with van der Waals surface area (Å²) in [6.45, 7) is 4.41. The molecule has 1 heterocycles. The molecule has 1 aromatic carbocycles. The van der Waals surface area contributed by atoms with E-state index in [1.54, 1.807) is 32.4 Å². The summed E-state index contributed by atoms with van der Waals surface area (Å²) in [4.78, 5) is 23.4. The predicted molar refractivity (Wildman–Crippen MR) is 99.9 cm³/mol. The molecule has 3 amide bonds. The molecule has 0 saturated carbocycles. The summed E-state index contributed by atoms with van der Waals surface area (Å²) in [6, 6.07) is 4.67. The maximum atomic E-state index is 11.8. The fraction of sp³-hybridized carbons (Fsp3) is 0.412. The number of benzene rings is 1. The number of carbonyl (C=O) groups excluding carboxylic acids is 2. The van der Waals surface area contributed by atoms with Crippen LogP contribution < -0.4 is 20.1 Å². The van der Waals surface area contributed by atoms with E-state index < -0.39 is 11.9 Å². The molecule has 27 heavy (non-hydrogen) atoms. The molecule has 0 spiro atoms. The number of hydrogen-bond acceptors (Lipinski definition) is 8. The van der Waals surface area contributed by atoms with Crippen molar-refractivity contribution in [1.29, 1.82) is 0 Å². The highest BCUT2D eigenvalue weighted by Gasteiger charge is 2.14. The first-order valence-electron chi connectivity index (χ1n) is 8.18. The Labute approximate surface area is 161 Å². The van der Waals surface area contributed by atoms with Crippen molar-refractivity contribution in [3.8, 4) is 23.0 Å². The molecule has 10 heteroatoms. The standard InChI is InChI=1S/C17H22N4O5S/c1-10(2)8-18-16(23)19-14(22)9-27-17-21-20-15(26-17)11-5-12(24-3)7-13(6-11)25-4/h5-7,10H,8-9H2,1-4H3,(H2,18,19,22,23). The van der Waals surface area contributed by atoms with Gasteiger partial charge in [-0.3, -0.25) is 10.1 Å². The normalized spacial score (nSPS) is 10.6. The van der Waals surface area contributed by atoms with Gasteiger partial charge in [0.1, 0.15) is 11.5 Å². The number of rotatable bonds is 8. The molecule has 2 N–H and O–H groups in total. The van der Waals surface area contributed by atoms with Gasteiger partial charge >= 0.3 is 6.03 Å². The van der Waals surface area contributed by atoms with Gasteiger partial charge in [0.15, 0.2) is 0 Å². The van der Waals surface area contributed by atoms with Crippen LogP contribution in [0.15, 0.2) is 27.8 Å². The number of thioether (sulfide) groups is 1. The summed E-state index contributed by atoms with van der Waals surface area (Å²) in [5, 5.41) is 12.9. The van der Waals surface area contributed by atoms with E-state index in [0.29, 0.717) is 29.5 Å². The lowest BCUT2D eigenvalue weighted by atomic mass is 10.2. The number of nitrogens with one attached hydrogen (secondary N) is 2. The molecular formula is C17H22N4O5S. The van der Waals surface area contributed by atoms with Crippen LogP contribution in [0.2, 0.25) is 0 Å². The predicted octanol–water partition coefficient (Wildman–Crippen LogP) is 2.33. The minimum atomic E-state index is -0.524. The van der Waals surface area contributed by atoms with Crippen LogP contribution in [0.1, 0.15) is 13.8 Å². The molecule has 0 saturated heterocycles. The number of aromatic nitrogens is 2. The Morgan fingerprint density at radius 1 is 1.15 bits per heavy atom. The molecule has 2 rings (SSSR count). The van der Waals surface area contributed by atoms with Crippen LogP contribution in [-0.4, -0.2) is 48.7 Å². The van der Waals surface area contributed by atoms with Crippen molar-refractivity contribution in [3.05, 3.63) is 18.2 Å². The second-order valence-electron chi connectivity index (χ2n) is 5.92. The molecule has 0 bridgehead atoms. The van der Waals surface area contributed by atoms with Gasteiger partial charge in [0.05, 0.1) is 20.0 Å². The fourth-order valence-electron chi connectivity index (χ4n) is 1.95. The highest BCUT2D eigenvalue weighted by Crippen LogP contribution is 2.30. The van der Waals surface area contributed by atoms with Gasteiger partial charge < -0.3 is 19.2 Å². The Morgan fingerprint density at radius 3 is 2.41 bits per heavy atom. The van der Waals surface area contributed by atoms with Gasteiger partial charge in [-0.15, -0.1) is 10.2 Å². The fourth-order valence-corrected chi connectivity index (χ4v) is 2.51. The van der Waals surface area contributed by atoms with Crippen molar-refractivity contribution in [3.63, 3.8) is 0 Å². The smallest absolute Gasteiger partial charge is 0.321 e. The highest BCUT2D eigenvalue weighted by molar-refractivity contribution is 7.99. The van der Waals surface area contributed by atoms with Gasteiger partial charge in [0.25, 0.3) is 5.22 Å². The average molecular weight is 394 g/mol. The van der Waals surface area contributed by atoms with E-state index in [9.17, 15) is 9.59 Å². The van der Waals surface area contributed by atoms with Crippen molar-refractivity contribution < 1.29 is 23.5 Å². The molecule has 0 aliphatic heterocycles. The number of urea groups is 1. The molecular weight excluding hydrogens is 372 g/mol. The van der Waals surface area contributed by atoms with Crippen LogP contribution in [0.25, 0.3) is 11.5 Å². The second kappa shape index (κ2) is 9.81. The van der Waals surface area contributed by atoms with Crippen LogP contribution in [-0.2, 0) is 4.79 Å². The largest absolute Gasteiger partial charge is 0.497 e. The van der Waals surface area contributed by atoms with Crippen LogP contribution >= 0.6 is 11.8 Å². The topological polar surface area (TPSA) is 116 Å². The quantitative estimate of drug-likeness (QED) is 0.656. The van der Waals surface area contributed by atoms with Gasteiger partial charge in [-0.25, -0.2) is 4.79 Å². The zero-order chi connectivity index (χ0) is 19.8. The minimum Gasteiger partial charge on any atom is -0.497 e. The molecule has 0 aliphatic carbocycles. The number of ether oxygens (including phenoxy) is 2. The monoisotopic (exact) mass is 394 g/mol. The third-order valence-electron chi connectivity index (χ3n) is 3.26. The van der Waals surface area contributed by atoms with Crippen molar-refractivity contribution in [2.45, 2.75) is 19.1 Å². The van der Waals surface area contributed by atoms with Crippen molar-refractivity contribution in [2.24, 2.45) is 5.92 Å². The van der Waals surface area contributed by atoms with Crippen molar-refractivity contribution >= 4 is 23.7 Å². The van der Waals surface area contributed by atoms with E-state index >= 15 is 0 Å².